The summed E-state index contributed by atoms with van der Waals surface area (Å²) in [6.45, 7) is 2.50. The summed E-state index contributed by atoms with van der Waals surface area (Å²) in [4.78, 5) is 40.6. The number of Topliss-reactive ketones (excluding diaryl/α,β-unsaturated/α-hetero) is 1. The van der Waals surface area contributed by atoms with Crippen LogP contribution in [-0.2, 0) is 25.4 Å². The van der Waals surface area contributed by atoms with Gasteiger partial charge in [-0.05, 0) is 19.3 Å². The number of nitrogens with zero attached hydrogens (tertiary/aromatic N) is 4. The lowest BCUT2D eigenvalue weighted by Gasteiger charge is -2.08. The second-order valence-corrected chi connectivity index (χ2v) is 7.69. The molecule has 0 aliphatic carbocycles. The lowest BCUT2D eigenvalue weighted by atomic mass is 10.0. The van der Waals surface area contributed by atoms with Crippen molar-refractivity contribution in [3.8, 4) is 0 Å². The van der Waals surface area contributed by atoms with Gasteiger partial charge in [0.2, 0.25) is 0 Å². The lowest BCUT2D eigenvalue weighted by molar-refractivity contribution is -0.119. The molecule has 156 valence electrons. The maximum atomic E-state index is 12.6. The van der Waals surface area contributed by atoms with Gasteiger partial charge in [-0.15, -0.1) is 0 Å². The first-order valence-corrected chi connectivity index (χ1v) is 10.6. The Kier molecular flexibility index (Phi) is 8.67. The maximum absolute atomic E-state index is 12.6. The summed E-state index contributed by atoms with van der Waals surface area (Å²) >= 11 is 0. The zero-order valence-electron chi connectivity index (χ0n) is 17.6. The summed E-state index contributed by atoms with van der Waals surface area (Å²) in [6.07, 6.45) is 12.6. The van der Waals surface area contributed by atoms with E-state index in [4.69, 9.17) is 0 Å². The molecule has 2 aromatic rings. The van der Waals surface area contributed by atoms with E-state index in [1.807, 2.05) is 6.92 Å². The van der Waals surface area contributed by atoms with Crippen LogP contribution >= 0.6 is 0 Å². The number of unbranched alkanes of at least 4 members (excludes halogenated alkanes) is 7. The van der Waals surface area contributed by atoms with Gasteiger partial charge in [0.05, 0.1) is 6.33 Å². The van der Waals surface area contributed by atoms with E-state index in [-0.39, 0.29) is 11.2 Å². The van der Waals surface area contributed by atoms with Crippen molar-refractivity contribution in [2.45, 2.75) is 84.1 Å². The first-order chi connectivity index (χ1) is 13.5. The molecule has 0 saturated heterocycles. The fraction of sp³-hybridized carbons (Fsp3) is 0.714. The molecule has 2 rings (SSSR count). The van der Waals surface area contributed by atoms with Crippen LogP contribution in [0, 0.1) is 0 Å². The number of aryl methyl sites for hydroxylation is 2. The SMILES string of the molecule is CCCC(=O)CCCCCCCCCCn1c(=O)c2c(ncn2C)n(C)c1=O. The second-order valence-electron chi connectivity index (χ2n) is 7.69. The van der Waals surface area contributed by atoms with Crippen molar-refractivity contribution in [1.82, 2.24) is 18.7 Å². The summed E-state index contributed by atoms with van der Waals surface area (Å²) in [5.74, 6) is 0.396. The minimum absolute atomic E-state index is 0.254. The van der Waals surface area contributed by atoms with Crippen LogP contribution in [0.2, 0.25) is 0 Å². The molecule has 0 aliphatic heterocycles. The van der Waals surface area contributed by atoms with E-state index < -0.39 is 0 Å². The number of carbonyl (C=O) groups is 1. The van der Waals surface area contributed by atoms with E-state index in [1.54, 1.807) is 25.0 Å². The molecule has 28 heavy (non-hydrogen) atoms. The fourth-order valence-electron chi connectivity index (χ4n) is 3.65. The monoisotopic (exact) mass is 390 g/mol. The third-order valence-corrected chi connectivity index (χ3v) is 5.32. The van der Waals surface area contributed by atoms with Crippen molar-refractivity contribution >= 4 is 16.9 Å². The van der Waals surface area contributed by atoms with Crippen molar-refractivity contribution in [3.63, 3.8) is 0 Å². The molecule has 0 spiro atoms. The van der Waals surface area contributed by atoms with E-state index >= 15 is 0 Å². The van der Waals surface area contributed by atoms with Crippen LogP contribution in [0.4, 0.5) is 0 Å². The zero-order valence-corrected chi connectivity index (χ0v) is 17.6. The van der Waals surface area contributed by atoms with E-state index in [0.29, 0.717) is 23.5 Å². The molecule has 0 unspecified atom stereocenters. The number of carbonyl (C=O) groups excluding carboxylic acids is 1. The predicted octanol–water partition coefficient (Wildman–Crippen LogP) is 3.31. The average molecular weight is 391 g/mol. The van der Waals surface area contributed by atoms with Gasteiger partial charge in [0.15, 0.2) is 11.2 Å². The van der Waals surface area contributed by atoms with Gasteiger partial charge in [0.1, 0.15) is 5.78 Å². The minimum Gasteiger partial charge on any atom is -0.328 e. The summed E-state index contributed by atoms with van der Waals surface area (Å²) < 4.78 is 4.45. The van der Waals surface area contributed by atoms with Crippen LogP contribution in [0.1, 0.15) is 77.6 Å². The number of hydrogen-bond donors (Lipinski definition) is 0. The Balaban J connectivity index is 1.68. The molecular formula is C21H34N4O3. The predicted molar refractivity (Wildman–Crippen MR) is 112 cm³/mol. The Hall–Kier alpha value is -2.18. The van der Waals surface area contributed by atoms with Gasteiger partial charge in [-0.1, -0.05) is 45.4 Å². The Labute approximate surface area is 166 Å². The third-order valence-electron chi connectivity index (χ3n) is 5.32. The van der Waals surface area contributed by atoms with Crippen molar-refractivity contribution in [2.75, 3.05) is 0 Å². The Morgan fingerprint density at radius 3 is 2.18 bits per heavy atom. The summed E-state index contributed by atoms with van der Waals surface area (Å²) in [5, 5.41) is 0. The van der Waals surface area contributed by atoms with Crippen LogP contribution in [0.5, 0.6) is 0 Å². The number of rotatable bonds is 13. The number of imidazole rings is 1. The quantitative estimate of drug-likeness (QED) is 0.492. The van der Waals surface area contributed by atoms with E-state index in [9.17, 15) is 14.4 Å². The van der Waals surface area contributed by atoms with Gasteiger partial charge in [-0.25, -0.2) is 9.78 Å². The molecule has 2 heterocycles. The Morgan fingerprint density at radius 1 is 0.929 bits per heavy atom. The van der Waals surface area contributed by atoms with Crippen molar-refractivity contribution in [2.24, 2.45) is 14.1 Å². The molecule has 0 atom stereocenters. The van der Waals surface area contributed by atoms with Crippen molar-refractivity contribution in [3.05, 3.63) is 27.2 Å². The zero-order chi connectivity index (χ0) is 20.5. The van der Waals surface area contributed by atoms with Crippen LogP contribution in [0.15, 0.2) is 15.9 Å². The first-order valence-electron chi connectivity index (χ1n) is 10.6. The van der Waals surface area contributed by atoms with Crippen LogP contribution < -0.4 is 11.2 Å². The van der Waals surface area contributed by atoms with E-state index in [0.717, 1.165) is 57.8 Å². The van der Waals surface area contributed by atoms with Gasteiger partial charge >= 0.3 is 5.69 Å². The fourth-order valence-corrected chi connectivity index (χ4v) is 3.65. The normalized spacial score (nSPS) is 11.4. The largest absolute Gasteiger partial charge is 0.332 e. The highest BCUT2D eigenvalue weighted by molar-refractivity contribution is 5.78. The molecule has 0 radical (unpaired) electrons. The van der Waals surface area contributed by atoms with Crippen LogP contribution in [0.25, 0.3) is 11.2 Å². The minimum atomic E-state index is -0.297. The van der Waals surface area contributed by atoms with Crippen LogP contribution in [-0.4, -0.2) is 24.5 Å². The first kappa shape index (κ1) is 22.1. The second kappa shape index (κ2) is 11.0. The van der Waals surface area contributed by atoms with E-state index in [2.05, 4.69) is 4.98 Å². The van der Waals surface area contributed by atoms with Crippen molar-refractivity contribution in [1.29, 1.82) is 0 Å². The van der Waals surface area contributed by atoms with E-state index in [1.165, 1.54) is 22.0 Å². The number of aromatic nitrogens is 4. The van der Waals surface area contributed by atoms with Gasteiger partial charge in [-0.2, -0.15) is 0 Å². The maximum Gasteiger partial charge on any atom is 0.332 e. The number of fused-ring (bicyclic) bond motifs is 1. The smallest absolute Gasteiger partial charge is 0.328 e. The Morgan fingerprint density at radius 2 is 1.54 bits per heavy atom. The highest BCUT2D eigenvalue weighted by Crippen LogP contribution is 2.11. The molecule has 0 N–H and O–H groups in total. The standard InChI is InChI=1S/C21H34N4O3/c1-4-13-17(26)14-11-9-7-5-6-8-10-12-15-25-20(27)18-19(22-16-23(18)2)24(3)21(25)28/h16H,4-15H2,1-3H3. The molecule has 0 aromatic carbocycles. The third kappa shape index (κ3) is 5.66. The van der Waals surface area contributed by atoms with Gasteiger partial charge in [0, 0.05) is 33.5 Å². The molecule has 0 saturated carbocycles. The van der Waals surface area contributed by atoms with Crippen molar-refractivity contribution < 1.29 is 4.79 Å². The van der Waals surface area contributed by atoms with Crippen LogP contribution in [0.3, 0.4) is 0 Å². The molecule has 0 bridgehead atoms. The average Bonchev–Trinajstić information content (AvgIpc) is 3.06. The molecular weight excluding hydrogens is 356 g/mol. The topological polar surface area (TPSA) is 78.9 Å². The number of hydrogen-bond acceptors (Lipinski definition) is 4. The van der Waals surface area contributed by atoms with Gasteiger partial charge < -0.3 is 4.57 Å². The highest BCUT2D eigenvalue weighted by atomic mass is 16.2. The summed E-state index contributed by atoms with van der Waals surface area (Å²) in [5.41, 5.74) is 0.356. The molecule has 0 aliphatic rings. The summed E-state index contributed by atoms with van der Waals surface area (Å²) in [6, 6.07) is 0. The molecule has 0 amide bonds. The molecule has 7 nitrogen and oxygen atoms in total. The summed E-state index contributed by atoms with van der Waals surface area (Å²) in [7, 11) is 3.43. The number of ketones is 1. The molecule has 0 fully saturated rings. The highest BCUT2D eigenvalue weighted by Gasteiger charge is 2.14. The van der Waals surface area contributed by atoms with Gasteiger partial charge in [0.25, 0.3) is 5.56 Å². The molecule has 7 heteroatoms. The lowest BCUT2D eigenvalue weighted by Crippen LogP contribution is -2.39. The Bertz CT molecular complexity index is 891. The molecule has 2 aromatic heterocycles. The van der Waals surface area contributed by atoms with Gasteiger partial charge in [-0.3, -0.25) is 18.7 Å².